The fourth-order valence-electron chi connectivity index (χ4n) is 2.85. The van der Waals surface area contributed by atoms with Gasteiger partial charge in [0.25, 0.3) is 5.91 Å². The summed E-state index contributed by atoms with van der Waals surface area (Å²) in [6.07, 6.45) is 4.67. The third-order valence-corrected chi connectivity index (χ3v) is 4.82. The number of aryl methyl sites for hydroxylation is 2. The maximum Gasteiger partial charge on any atom is 0.266 e. The minimum absolute atomic E-state index is 0.0567. The van der Waals surface area contributed by atoms with E-state index in [-0.39, 0.29) is 17.7 Å². The molecule has 1 fully saturated rings. The van der Waals surface area contributed by atoms with Crippen molar-refractivity contribution >= 4 is 23.0 Å². The molecule has 1 saturated heterocycles. The summed E-state index contributed by atoms with van der Waals surface area (Å²) in [6.45, 7) is 6.17. The number of carbonyl (C=O) groups excluding carboxylic acids is 2. The van der Waals surface area contributed by atoms with Crippen molar-refractivity contribution < 1.29 is 9.59 Å². The van der Waals surface area contributed by atoms with E-state index in [0.717, 1.165) is 47.8 Å². The molecule has 5 heteroatoms. The molecule has 1 amide bonds. The zero-order valence-corrected chi connectivity index (χ0v) is 13.3. The molecule has 2 rings (SSSR count). The Morgan fingerprint density at radius 2 is 2.05 bits per heavy atom. The van der Waals surface area contributed by atoms with Crippen LogP contribution < -0.4 is 0 Å². The summed E-state index contributed by atoms with van der Waals surface area (Å²) in [6, 6.07) is 0.0595. The van der Waals surface area contributed by atoms with E-state index >= 15 is 0 Å². The van der Waals surface area contributed by atoms with Gasteiger partial charge in [-0.25, -0.2) is 4.98 Å². The van der Waals surface area contributed by atoms with Gasteiger partial charge in [-0.2, -0.15) is 0 Å². The first-order valence-electron chi connectivity index (χ1n) is 7.23. The van der Waals surface area contributed by atoms with Gasteiger partial charge in [0.2, 0.25) is 0 Å². The number of carbonyl (C=O) groups is 2. The van der Waals surface area contributed by atoms with Crippen molar-refractivity contribution in [3.8, 4) is 0 Å². The van der Waals surface area contributed by atoms with Gasteiger partial charge < -0.3 is 4.90 Å². The summed E-state index contributed by atoms with van der Waals surface area (Å²) < 4.78 is 0. The van der Waals surface area contributed by atoms with E-state index in [0.29, 0.717) is 6.42 Å². The first-order valence-corrected chi connectivity index (χ1v) is 8.05. The van der Waals surface area contributed by atoms with Gasteiger partial charge in [0, 0.05) is 19.0 Å². The van der Waals surface area contributed by atoms with Crippen LogP contribution in [-0.2, 0) is 4.79 Å². The molecule has 4 nitrogen and oxygen atoms in total. The number of rotatable bonds is 3. The average Bonchev–Trinajstić information content (AvgIpc) is 2.58. The molecule has 20 heavy (non-hydrogen) atoms. The summed E-state index contributed by atoms with van der Waals surface area (Å²) in [5, 5.41) is 0.920. The molecular formula is C15H22N2O2S. The van der Waals surface area contributed by atoms with Crippen LogP contribution >= 0.6 is 11.3 Å². The van der Waals surface area contributed by atoms with Crippen LogP contribution in [0.25, 0.3) is 0 Å². The predicted molar refractivity (Wildman–Crippen MR) is 80.2 cm³/mol. The minimum atomic E-state index is 0.0567. The van der Waals surface area contributed by atoms with Gasteiger partial charge in [-0.3, -0.25) is 9.59 Å². The number of nitrogens with zero attached hydrogens (tertiary/aromatic N) is 2. The van der Waals surface area contributed by atoms with E-state index in [2.05, 4.69) is 4.98 Å². The van der Waals surface area contributed by atoms with Crippen LogP contribution in [0.2, 0.25) is 0 Å². The first kappa shape index (κ1) is 15.2. The van der Waals surface area contributed by atoms with Crippen molar-refractivity contribution in [2.75, 3.05) is 6.54 Å². The largest absolute Gasteiger partial charge is 0.334 e. The Morgan fingerprint density at radius 3 is 2.65 bits per heavy atom. The number of Topliss-reactive ketones (excluding diaryl/α,β-unsaturated/α-hetero) is 1. The molecule has 1 aromatic heterocycles. The van der Waals surface area contributed by atoms with Crippen LogP contribution in [-0.4, -0.2) is 34.2 Å². The molecule has 0 bridgehead atoms. The number of hydrogen-bond donors (Lipinski definition) is 0. The van der Waals surface area contributed by atoms with Gasteiger partial charge in [-0.05, 0) is 33.6 Å². The van der Waals surface area contributed by atoms with Crippen molar-refractivity contribution in [3.05, 3.63) is 15.6 Å². The highest BCUT2D eigenvalue weighted by Gasteiger charge is 2.29. The Balaban J connectivity index is 2.23. The lowest BCUT2D eigenvalue weighted by Gasteiger charge is -2.29. The second-order valence-electron chi connectivity index (χ2n) is 5.56. The van der Waals surface area contributed by atoms with Gasteiger partial charge in [0.15, 0.2) is 0 Å². The first-order chi connectivity index (χ1) is 9.49. The Labute approximate surface area is 124 Å². The Kier molecular flexibility index (Phi) is 4.91. The minimum Gasteiger partial charge on any atom is -0.334 e. The zero-order chi connectivity index (χ0) is 14.7. The summed E-state index contributed by atoms with van der Waals surface area (Å²) in [5.41, 5.74) is 0.809. The predicted octanol–water partition coefficient (Wildman–Crippen LogP) is 3.12. The SMILES string of the molecule is CC(=O)CC1CCCCCN1C(=O)c1sc(C)nc1C. The van der Waals surface area contributed by atoms with Gasteiger partial charge in [-0.1, -0.05) is 12.8 Å². The van der Waals surface area contributed by atoms with E-state index in [1.54, 1.807) is 6.92 Å². The Bertz CT molecular complexity index is 510. The summed E-state index contributed by atoms with van der Waals surface area (Å²) in [4.78, 5) is 31.2. The number of thiazole rings is 1. The highest BCUT2D eigenvalue weighted by molar-refractivity contribution is 7.13. The fourth-order valence-corrected chi connectivity index (χ4v) is 3.72. The van der Waals surface area contributed by atoms with Crippen LogP contribution in [0.15, 0.2) is 0 Å². The Morgan fingerprint density at radius 1 is 1.30 bits per heavy atom. The van der Waals surface area contributed by atoms with E-state index in [1.807, 2.05) is 18.7 Å². The smallest absolute Gasteiger partial charge is 0.266 e. The molecule has 1 aromatic rings. The molecule has 0 radical (unpaired) electrons. The maximum atomic E-state index is 12.8. The normalized spacial score (nSPS) is 19.8. The molecule has 1 aliphatic rings. The monoisotopic (exact) mass is 294 g/mol. The van der Waals surface area contributed by atoms with E-state index < -0.39 is 0 Å². The molecule has 0 aromatic carbocycles. The molecule has 0 spiro atoms. The van der Waals surface area contributed by atoms with Crippen molar-refractivity contribution in [2.45, 2.75) is 58.9 Å². The van der Waals surface area contributed by atoms with Crippen LogP contribution in [0, 0.1) is 13.8 Å². The second-order valence-corrected chi connectivity index (χ2v) is 6.76. The molecule has 1 unspecified atom stereocenters. The van der Waals surface area contributed by atoms with Crippen molar-refractivity contribution in [1.82, 2.24) is 9.88 Å². The molecule has 0 saturated carbocycles. The summed E-state index contributed by atoms with van der Waals surface area (Å²) in [7, 11) is 0. The van der Waals surface area contributed by atoms with Crippen molar-refractivity contribution in [3.63, 3.8) is 0 Å². The highest BCUT2D eigenvalue weighted by atomic mass is 32.1. The standard InChI is InChI=1S/C15H22N2O2S/c1-10(18)9-13-7-5-4-6-8-17(13)15(19)14-11(2)16-12(3)20-14/h13H,4-9H2,1-3H3. The summed E-state index contributed by atoms with van der Waals surface area (Å²) >= 11 is 1.46. The number of aromatic nitrogens is 1. The maximum absolute atomic E-state index is 12.8. The lowest BCUT2D eigenvalue weighted by Crippen LogP contribution is -2.41. The van der Waals surface area contributed by atoms with Crippen molar-refractivity contribution in [2.24, 2.45) is 0 Å². The average molecular weight is 294 g/mol. The van der Waals surface area contributed by atoms with Crippen LogP contribution in [0.4, 0.5) is 0 Å². The third-order valence-electron chi connectivity index (χ3n) is 3.76. The lowest BCUT2D eigenvalue weighted by atomic mass is 10.0. The van der Waals surface area contributed by atoms with Gasteiger partial charge in [0.1, 0.15) is 10.7 Å². The van der Waals surface area contributed by atoms with Crippen LogP contribution in [0.5, 0.6) is 0 Å². The van der Waals surface area contributed by atoms with Gasteiger partial charge in [0.05, 0.1) is 10.7 Å². The van der Waals surface area contributed by atoms with Gasteiger partial charge >= 0.3 is 0 Å². The molecule has 110 valence electrons. The number of likely N-dealkylation sites (tertiary alicyclic amines) is 1. The van der Waals surface area contributed by atoms with E-state index in [9.17, 15) is 9.59 Å². The number of ketones is 1. The highest BCUT2D eigenvalue weighted by Crippen LogP contribution is 2.25. The molecular weight excluding hydrogens is 272 g/mol. The lowest BCUT2D eigenvalue weighted by molar-refractivity contribution is -0.118. The third kappa shape index (κ3) is 3.45. The number of hydrogen-bond acceptors (Lipinski definition) is 4. The van der Waals surface area contributed by atoms with Crippen LogP contribution in [0.1, 0.15) is 59.4 Å². The molecule has 1 aliphatic heterocycles. The second kappa shape index (κ2) is 6.48. The van der Waals surface area contributed by atoms with E-state index in [1.165, 1.54) is 11.3 Å². The molecule has 0 aliphatic carbocycles. The summed E-state index contributed by atoms with van der Waals surface area (Å²) in [5.74, 6) is 0.216. The Hall–Kier alpha value is -1.23. The zero-order valence-electron chi connectivity index (χ0n) is 12.4. The van der Waals surface area contributed by atoms with Crippen molar-refractivity contribution in [1.29, 1.82) is 0 Å². The topological polar surface area (TPSA) is 50.3 Å². The quantitative estimate of drug-likeness (QED) is 0.860. The molecule has 2 heterocycles. The number of amides is 1. The fraction of sp³-hybridized carbons (Fsp3) is 0.667. The van der Waals surface area contributed by atoms with E-state index in [4.69, 9.17) is 0 Å². The van der Waals surface area contributed by atoms with Crippen LogP contribution in [0.3, 0.4) is 0 Å². The molecule has 1 atom stereocenters. The van der Waals surface area contributed by atoms with Gasteiger partial charge in [-0.15, -0.1) is 11.3 Å². The molecule has 0 N–H and O–H groups in total.